The van der Waals surface area contributed by atoms with E-state index in [0.717, 1.165) is 0 Å². The van der Waals surface area contributed by atoms with Gasteiger partial charge in [0.25, 0.3) is 5.56 Å². The van der Waals surface area contributed by atoms with Gasteiger partial charge in [-0.3, -0.25) is 14.7 Å². The normalized spacial score (nSPS) is 10.3. The highest BCUT2D eigenvalue weighted by atomic mass is 35.5. The molecule has 0 aliphatic carbocycles. The second-order valence-corrected chi connectivity index (χ2v) is 4.07. The van der Waals surface area contributed by atoms with Crippen LogP contribution in [0.1, 0.15) is 5.69 Å². The molecule has 0 saturated carbocycles. The molecule has 0 spiro atoms. The van der Waals surface area contributed by atoms with Gasteiger partial charge in [-0.2, -0.15) is 0 Å². The molecule has 0 bridgehead atoms. The van der Waals surface area contributed by atoms with Gasteiger partial charge in [0.15, 0.2) is 0 Å². The van der Waals surface area contributed by atoms with E-state index in [4.69, 9.17) is 11.6 Å². The van der Waals surface area contributed by atoms with Crippen molar-refractivity contribution >= 4 is 17.6 Å². The second kappa shape index (κ2) is 5.10. The van der Waals surface area contributed by atoms with E-state index in [-0.39, 0.29) is 12.0 Å². The summed E-state index contributed by atoms with van der Waals surface area (Å²) in [5, 5.41) is 3.27. The Morgan fingerprint density at radius 3 is 2.83 bits per heavy atom. The van der Waals surface area contributed by atoms with E-state index in [1.165, 1.54) is 17.9 Å². The maximum absolute atomic E-state index is 11.8. The van der Waals surface area contributed by atoms with Gasteiger partial charge in [-0.1, -0.05) is 23.7 Å². The van der Waals surface area contributed by atoms with Crippen LogP contribution < -0.4 is 5.56 Å². The summed E-state index contributed by atoms with van der Waals surface area (Å²) < 4.78 is 5.83. The molecule has 2 aromatic rings. The highest BCUT2D eigenvalue weighted by Crippen LogP contribution is 2.17. The number of esters is 1. The maximum Gasteiger partial charge on any atom is 0.311 e. The van der Waals surface area contributed by atoms with Crippen molar-refractivity contribution in [3.8, 4) is 5.69 Å². The van der Waals surface area contributed by atoms with Crippen LogP contribution in [0.5, 0.6) is 0 Å². The Morgan fingerprint density at radius 2 is 2.17 bits per heavy atom. The molecule has 0 unspecified atom stereocenters. The van der Waals surface area contributed by atoms with Crippen LogP contribution in [0.4, 0.5) is 0 Å². The predicted molar refractivity (Wildman–Crippen MR) is 67.1 cm³/mol. The zero-order valence-corrected chi connectivity index (χ0v) is 10.4. The molecule has 2 rings (SSSR count). The average Bonchev–Trinajstić information content (AvgIpc) is 2.70. The lowest BCUT2D eigenvalue weighted by atomic mass is 10.3. The number of hydrogen-bond acceptors (Lipinski definition) is 3. The number of nitrogens with one attached hydrogen (secondary N) is 1. The molecule has 1 N–H and O–H groups in total. The summed E-state index contributed by atoms with van der Waals surface area (Å²) in [6.07, 6.45) is 0.0171. The summed E-state index contributed by atoms with van der Waals surface area (Å²) in [5.41, 5.74) is 0.744. The Kier molecular flexibility index (Phi) is 3.53. The highest BCUT2D eigenvalue weighted by molar-refractivity contribution is 6.32. The van der Waals surface area contributed by atoms with Crippen molar-refractivity contribution < 1.29 is 9.53 Å². The summed E-state index contributed by atoms with van der Waals surface area (Å²) in [5.74, 6) is -0.414. The van der Waals surface area contributed by atoms with Gasteiger partial charge in [0.1, 0.15) is 0 Å². The number of H-pyrrole nitrogens is 1. The minimum atomic E-state index is -0.414. The van der Waals surface area contributed by atoms with Crippen molar-refractivity contribution in [2.45, 2.75) is 6.42 Å². The number of methoxy groups -OCH3 is 1. The lowest BCUT2D eigenvalue weighted by Gasteiger charge is -2.03. The number of aromatic amines is 1. The minimum absolute atomic E-state index is 0.0171. The van der Waals surface area contributed by atoms with E-state index in [9.17, 15) is 9.59 Å². The fraction of sp³-hybridized carbons (Fsp3) is 0.167. The first-order chi connectivity index (χ1) is 8.61. The van der Waals surface area contributed by atoms with Crippen LogP contribution in [0.2, 0.25) is 5.02 Å². The van der Waals surface area contributed by atoms with Crippen LogP contribution in [0, 0.1) is 0 Å². The molecule has 1 aromatic carbocycles. The van der Waals surface area contributed by atoms with E-state index in [2.05, 4.69) is 9.84 Å². The molecule has 0 aliphatic rings. The Hall–Kier alpha value is -2.01. The Labute approximate surface area is 108 Å². The number of para-hydroxylation sites is 1. The molecule has 0 amide bonds. The van der Waals surface area contributed by atoms with Crippen LogP contribution in [0.25, 0.3) is 5.69 Å². The van der Waals surface area contributed by atoms with Gasteiger partial charge >= 0.3 is 5.97 Å². The van der Waals surface area contributed by atoms with Gasteiger partial charge in [0, 0.05) is 11.8 Å². The van der Waals surface area contributed by atoms with Gasteiger partial charge in [-0.25, -0.2) is 4.68 Å². The average molecular weight is 267 g/mol. The lowest BCUT2D eigenvalue weighted by molar-refractivity contribution is -0.139. The third-order valence-corrected chi connectivity index (χ3v) is 2.75. The van der Waals surface area contributed by atoms with Crippen LogP contribution in [0.15, 0.2) is 35.1 Å². The standard InChI is InChI=1S/C12H11ClN2O3/c1-18-12(17)7-8-6-11(16)15(14-8)10-5-3-2-4-9(10)13/h2-6,14H,7H2,1H3. The Balaban J connectivity index is 2.39. The molecule has 1 heterocycles. The van der Waals surface area contributed by atoms with Crippen LogP contribution >= 0.6 is 11.6 Å². The van der Waals surface area contributed by atoms with Crippen LogP contribution in [-0.2, 0) is 16.0 Å². The van der Waals surface area contributed by atoms with Crippen molar-refractivity contribution in [3.05, 3.63) is 51.4 Å². The SMILES string of the molecule is COC(=O)Cc1cc(=O)n(-c2ccccc2Cl)[nH]1. The molecule has 0 fully saturated rings. The number of ether oxygens (including phenoxy) is 1. The lowest BCUT2D eigenvalue weighted by Crippen LogP contribution is -2.13. The monoisotopic (exact) mass is 266 g/mol. The molecule has 94 valence electrons. The molecule has 18 heavy (non-hydrogen) atoms. The second-order valence-electron chi connectivity index (χ2n) is 3.66. The molecule has 0 saturated heterocycles. The Morgan fingerprint density at radius 1 is 1.44 bits per heavy atom. The van der Waals surface area contributed by atoms with E-state index < -0.39 is 5.97 Å². The molecule has 6 heteroatoms. The van der Waals surface area contributed by atoms with E-state index in [0.29, 0.717) is 16.4 Å². The number of carbonyl (C=O) groups is 1. The van der Waals surface area contributed by atoms with E-state index in [1.54, 1.807) is 24.3 Å². The van der Waals surface area contributed by atoms with Crippen LogP contribution in [-0.4, -0.2) is 22.9 Å². The molecule has 0 atom stereocenters. The first-order valence-corrected chi connectivity index (χ1v) is 5.62. The highest BCUT2D eigenvalue weighted by Gasteiger charge is 2.10. The van der Waals surface area contributed by atoms with Crippen molar-refractivity contribution in [1.29, 1.82) is 0 Å². The van der Waals surface area contributed by atoms with Crippen molar-refractivity contribution in [2.24, 2.45) is 0 Å². The minimum Gasteiger partial charge on any atom is -0.469 e. The maximum atomic E-state index is 11.8. The number of halogens is 1. The van der Waals surface area contributed by atoms with Gasteiger partial charge in [0.2, 0.25) is 0 Å². The first-order valence-electron chi connectivity index (χ1n) is 5.24. The fourth-order valence-corrected chi connectivity index (χ4v) is 1.80. The number of benzene rings is 1. The third kappa shape index (κ3) is 2.46. The largest absolute Gasteiger partial charge is 0.469 e. The summed E-state index contributed by atoms with van der Waals surface area (Å²) in [7, 11) is 1.30. The van der Waals surface area contributed by atoms with Gasteiger partial charge in [-0.15, -0.1) is 0 Å². The molecule has 1 aromatic heterocycles. The number of aromatic nitrogens is 2. The summed E-state index contributed by atoms with van der Waals surface area (Å²) in [4.78, 5) is 22.9. The summed E-state index contributed by atoms with van der Waals surface area (Å²) in [6, 6.07) is 8.29. The molecular weight excluding hydrogens is 256 g/mol. The van der Waals surface area contributed by atoms with E-state index in [1.807, 2.05) is 0 Å². The smallest absolute Gasteiger partial charge is 0.311 e. The first kappa shape index (κ1) is 12.4. The fourth-order valence-electron chi connectivity index (χ4n) is 1.57. The molecular formula is C12H11ClN2O3. The predicted octanol–water partition coefficient (Wildman–Crippen LogP) is 1.53. The number of rotatable bonds is 3. The number of carbonyl (C=O) groups excluding carboxylic acids is 1. The third-order valence-electron chi connectivity index (χ3n) is 2.43. The Bertz CT molecular complexity index is 630. The molecule has 0 aliphatic heterocycles. The zero-order chi connectivity index (χ0) is 13.1. The zero-order valence-electron chi connectivity index (χ0n) is 9.64. The molecule has 0 radical (unpaired) electrons. The summed E-state index contributed by atoms with van der Waals surface area (Å²) >= 11 is 6.00. The van der Waals surface area contributed by atoms with Crippen molar-refractivity contribution in [1.82, 2.24) is 9.78 Å². The quantitative estimate of drug-likeness (QED) is 0.857. The van der Waals surface area contributed by atoms with Gasteiger partial charge < -0.3 is 4.74 Å². The number of hydrogen-bond donors (Lipinski definition) is 1. The van der Waals surface area contributed by atoms with Crippen LogP contribution in [0.3, 0.4) is 0 Å². The van der Waals surface area contributed by atoms with Gasteiger partial charge in [-0.05, 0) is 12.1 Å². The van der Waals surface area contributed by atoms with Crippen molar-refractivity contribution in [2.75, 3.05) is 7.11 Å². The number of nitrogens with zero attached hydrogens (tertiary/aromatic N) is 1. The summed E-state index contributed by atoms with van der Waals surface area (Å²) in [6.45, 7) is 0. The van der Waals surface area contributed by atoms with Gasteiger partial charge in [0.05, 0.1) is 24.2 Å². The topological polar surface area (TPSA) is 64.1 Å². The van der Waals surface area contributed by atoms with Crippen molar-refractivity contribution in [3.63, 3.8) is 0 Å². The van der Waals surface area contributed by atoms with E-state index >= 15 is 0 Å². The molecule has 5 nitrogen and oxygen atoms in total.